The highest BCUT2D eigenvalue weighted by molar-refractivity contribution is 7.88. The lowest BCUT2D eigenvalue weighted by atomic mass is 10.2. The van der Waals surface area contributed by atoms with Crippen LogP contribution in [-0.4, -0.2) is 84.7 Å². The second-order valence-corrected chi connectivity index (χ2v) is 8.76. The van der Waals surface area contributed by atoms with Crippen molar-refractivity contribution in [2.75, 3.05) is 39.0 Å². The first-order chi connectivity index (χ1) is 11.7. The Morgan fingerprint density at radius 2 is 2.24 bits per heavy atom. The minimum atomic E-state index is -3.69. The maximum absolute atomic E-state index is 12.5. The smallest absolute Gasteiger partial charge is 0.318 e. The van der Waals surface area contributed by atoms with Gasteiger partial charge in [0.1, 0.15) is 11.4 Å². The fourth-order valence-electron chi connectivity index (χ4n) is 2.44. The highest BCUT2D eigenvalue weighted by Crippen LogP contribution is 2.18. The van der Waals surface area contributed by atoms with Crippen LogP contribution in [0.3, 0.4) is 0 Å². The van der Waals surface area contributed by atoms with Crippen LogP contribution in [0.25, 0.3) is 0 Å². The van der Waals surface area contributed by atoms with E-state index in [1.54, 1.807) is 11.1 Å². The molecule has 1 aliphatic rings. The molecular weight excluding hydrogens is 370 g/mol. The highest BCUT2D eigenvalue weighted by atomic mass is 32.2. The third-order valence-electron chi connectivity index (χ3n) is 3.68. The van der Waals surface area contributed by atoms with E-state index in [2.05, 4.69) is 4.98 Å². The van der Waals surface area contributed by atoms with Crippen molar-refractivity contribution < 1.29 is 27.9 Å². The number of nitrogens with zero attached hydrogens (tertiary/aromatic N) is 3. The van der Waals surface area contributed by atoms with E-state index in [0.29, 0.717) is 11.4 Å². The van der Waals surface area contributed by atoms with Crippen LogP contribution in [0.5, 0.6) is 0 Å². The summed E-state index contributed by atoms with van der Waals surface area (Å²) in [6, 6.07) is 0. The first-order valence-electron chi connectivity index (χ1n) is 7.73. The topological polar surface area (TPSA) is 117 Å². The van der Waals surface area contributed by atoms with Crippen molar-refractivity contribution in [1.82, 2.24) is 14.2 Å². The molecular formula is C14H21N3O6S2. The van der Waals surface area contributed by atoms with Gasteiger partial charge in [0.15, 0.2) is 0 Å². The number of thiazole rings is 1. The molecule has 2 heterocycles. The molecule has 1 atom stereocenters. The molecule has 1 N–H and O–H groups in total. The quantitative estimate of drug-likeness (QED) is 0.689. The number of carbonyl (C=O) groups is 2. The average molecular weight is 391 g/mol. The first-order valence-corrected chi connectivity index (χ1v) is 10.4. The molecule has 11 heteroatoms. The van der Waals surface area contributed by atoms with Crippen LogP contribution in [0.1, 0.15) is 21.6 Å². The van der Waals surface area contributed by atoms with Gasteiger partial charge < -0.3 is 14.7 Å². The second-order valence-electron chi connectivity index (χ2n) is 5.67. The molecule has 9 nitrogen and oxygen atoms in total. The molecule has 1 aromatic heterocycles. The number of aliphatic carboxylic acids is 1. The van der Waals surface area contributed by atoms with E-state index in [1.165, 1.54) is 11.3 Å². The van der Waals surface area contributed by atoms with E-state index in [1.807, 2.05) is 6.92 Å². The van der Waals surface area contributed by atoms with Crippen LogP contribution in [-0.2, 0) is 26.0 Å². The Hall–Kier alpha value is -1.56. The van der Waals surface area contributed by atoms with Crippen LogP contribution >= 0.6 is 11.3 Å². The number of carbonyl (C=O) groups excluding carboxylic acids is 1. The van der Waals surface area contributed by atoms with E-state index in [0.717, 1.165) is 22.0 Å². The minimum absolute atomic E-state index is 0.113. The lowest BCUT2D eigenvalue weighted by Gasteiger charge is -2.34. The summed E-state index contributed by atoms with van der Waals surface area (Å²) in [5.41, 5.74) is 0. The number of morpholine rings is 1. The molecule has 0 radical (unpaired) electrons. The maximum atomic E-state index is 12.5. The molecule has 0 bridgehead atoms. The highest BCUT2D eigenvalue weighted by Gasteiger charge is 2.30. The number of amides is 1. The lowest BCUT2D eigenvalue weighted by Crippen LogP contribution is -2.51. The first kappa shape index (κ1) is 19.8. The Morgan fingerprint density at radius 3 is 2.80 bits per heavy atom. The Kier molecular flexibility index (Phi) is 6.49. The van der Waals surface area contributed by atoms with E-state index < -0.39 is 28.6 Å². The molecule has 0 aromatic carbocycles. The molecule has 140 valence electrons. The van der Waals surface area contributed by atoms with Gasteiger partial charge in [-0.1, -0.05) is 6.92 Å². The van der Waals surface area contributed by atoms with Crippen molar-refractivity contribution in [3.05, 3.63) is 16.1 Å². The summed E-state index contributed by atoms with van der Waals surface area (Å²) >= 11 is 1.34. The monoisotopic (exact) mass is 391 g/mol. The zero-order valence-corrected chi connectivity index (χ0v) is 15.7. The summed E-state index contributed by atoms with van der Waals surface area (Å²) in [4.78, 5) is 29.7. The van der Waals surface area contributed by atoms with E-state index in [4.69, 9.17) is 9.84 Å². The summed E-state index contributed by atoms with van der Waals surface area (Å²) in [6.07, 6.45) is 2.67. The second kappa shape index (κ2) is 8.21. The average Bonchev–Trinajstić information content (AvgIpc) is 3.01. The van der Waals surface area contributed by atoms with Gasteiger partial charge in [0.25, 0.3) is 5.91 Å². The maximum Gasteiger partial charge on any atom is 0.318 e. The molecule has 1 aromatic rings. The summed E-state index contributed by atoms with van der Waals surface area (Å²) in [6.45, 7) is 2.07. The Labute approximate surface area is 150 Å². The van der Waals surface area contributed by atoms with E-state index >= 15 is 0 Å². The van der Waals surface area contributed by atoms with Gasteiger partial charge in [0, 0.05) is 19.6 Å². The number of hydrogen-bond donors (Lipinski definition) is 1. The van der Waals surface area contributed by atoms with E-state index in [9.17, 15) is 18.0 Å². The third kappa shape index (κ3) is 5.46. The summed E-state index contributed by atoms with van der Waals surface area (Å²) in [5, 5.41) is 9.75. The number of ether oxygens (including phenoxy) is 1. The number of hydrogen-bond acceptors (Lipinski definition) is 7. The van der Waals surface area contributed by atoms with Crippen LogP contribution < -0.4 is 0 Å². The Bertz CT molecular complexity index is 733. The van der Waals surface area contributed by atoms with E-state index in [-0.39, 0.29) is 25.6 Å². The number of carboxylic acids is 1. The lowest BCUT2D eigenvalue weighted by molar-refractivity contribution is -0.137. The van der Waals surface area contributed by atoms with Crippen LogP contribution in [0.4, 0.5) is 0 Å². The minimum Gasteiger partial charge on any atom is -0.480 e. The zero-order valence-electron chi connectivity index (χ0n) is 14.0. The molecule has 1 unspecified atom stereocenters. The molecule has 25 heavy (non-hydrogen) atoms. The van der Waals surface area contributed by atoms with Gasteiger partial charge in [-0.3, -0.25) is 9.59 Å². The predicted molar refractivity (Wildman–Crippen MR) is 91.2 cm³/mol. The number of carboxylic acid groups (broad SMARTS) is 1. The van der Waals surface area contributed by atoms with Gasteiger partial charge in [-0.2, -0.15) is 4.31 Å². The number of aryl methyl sites for hydroxylation is 1. The van der Waals surface area contributed by atoms with Crippen molar-refractivity contribution in [3.8, 4) is 0 Å². The summed E-state index contributed by atoms with van der Waals surface area (Å²) < 4.78 is 29.8. The van der Waals surface area contributed by atoms with Gasteiger partial charge in [-0.15, -0.1) is 11.3 Å². The van der Waals surface area contributed by atoms with Gasteiger partial charge in [0.2, 0.25) is 10.0 Å². The summed E-state index contributed by atoms with van der Waals surface area (Å²) in [5.74, 6) is -1.42. The van der Waals surface area contributed by atoms with Crippen molar-refractivity contribution in [1.29, 1.82) is 0 Å². The van der Waals surface area contributed by atoms with Crippen molar-refractivity contribution in [2.24, 2.45) is 0 Å². The number of aromatic nitrogens is 1. The van der Waals surface area contributed by atoms with Crippen molar-refractivity contribution in [3.63, 3.8) is 0 Å². The molecule has 0 saturated carbocycles. The standard InChI is InChI=1S/C14H21N3O6S2/c1-3-12-15-6-11(24-12)14(20)16-4-5-23-10(7-16)8-17(9-13(18)19)25(2,21)22/h6,10H,3-5,7-9H2,1-2H3,(H,18,19). The molecule has 1 amide bonds. The van der Waals surface area contributed by atoms with Crippen molar-refractivity contribution in [2.45, 2.75) is 19.4 Å². The number of sulfonamides is 1. The Morgan fingerprint density at radius 1 is 1.52 bits per heavy atom. The van der Waals surface area contributed by atoms with Gasteiger partial charge in [-0.05, 0) is 6.42 Å². The van der Waals surface area contributed by atoms with Gasteiger partial charge >= 0.3 is 5.97 Å². The van der Waals surface area contributed by atoms with Crippen LogP contribution in [0.2, 0.25) is 0 Å². The normalized spacial score (nSPS) is 18.5. The summed E-state index contributed by atoms with van der Waals surface area (Å²) in [7, 11) is -3.69. The van der Waals surface area contributed by atoms with Gasteiger partial charge in [0.05, 0.1) is 30.2 Å². The predicted octanol–water partition coefficient (Wildman–Crippen LogP) is -0.107. The fourth-order valence-corrected chi connectivity index (χ4v) is 4.05. The Balaban J connectivity index is 2.04. The zero-order chi connectivity index (χ0) is 18.6. The largest absolute Gasteiger partial charge is 0.480 e. The molecule has 0 spiro atoms. The number of rotatable bonds is 7. The molecule has 1 saturated heterocycles. The fraction of sp³-hybridized carbons (Fsp3) is 0.643. The third-order valence-corrected chi connectivity index (χ3v) is 6.03. The van der Waals surface area contributed by atoms with Crippen molar-refractivity contribution >= 4 is 33.2 Å². The molecule has 1 fully saturated rings. The SMILES string of the molecule is CCc1ncc(C(=O)N2CCOC(CN(CC(=O)O)S(C)(=O)=O)C2)s1. The van der Waals surface area contributed by atoms with Crippen LogP contribution in [0, 0.1) is 0 Å². The molecule has 2 rings (SSSR count). The van der Waals surface area contributed by atoms with Gasteiger partial charge in [-0.25, -0.2) is 13.4 Å². The van der Waals surface area contributed by atoms with Crippen LogP contribution in [0.15, 0.2) is 6.20 Å². The molecule has 0 aliphatic carbocycles. The molecule has 1 aliphatic heterocycles.